The Hall–Kier alpha value is -2.41. The van der Waals surface area contributed by atoms with E-state index in [2.05, 4.69) is 5.32 Å². The number of methoxy groups -OCH3 is 1. The maximum absolute atomic E-state index is 12.0. The number of rotatable bonds is 3. The van der Waals surface area contributed by atoms with Gasteiger partial charge in [0, 0.05) is 35.2 Å². The highest BCUT2D eigenvalue weighted by molar-refractivity contribution is 6.31. The molecule has 1 atom stereocenters. The molecule has 0 saturated heterocycles. The van der Waals surface area contributed by atoms with E-state index in [1.807, 2.05) is 0 Å². The molecular weight excluding hydrogens is 312 g/mol. The van der Waals surface area contributed by atoms with Crippen LogP contribution in [0.2, 0.25) is 5.02 Å². The Labute approximate surface area is 131 Å². The minimum atomic E-state index is -0.686. The minimum Gasteiger partial charge on any atom is -0.466 e. The van der Waals surface area contributed by atoms with Crippen LogP contribution in [0.15, 0.2) is 29.5 Å². The summed E-state index contributed by atoms with van der Waals surface area (Å²) in [5, 5.41) is 13.7. The number of nitro benzene ring substituents is 1. The van der Waals surface area contributed by atoms with Gasteiger partial charge in [0.15, 0.2) is 0 Å². The number of hydrogen-bond acceptors (Lipinski definition) is 5. The first kappa shape index (κ1) is 16.0. The van der Waals surface area contributed by atoms with Crippen LogP contribution >= 0.6 is 11.6 Å². The van der Waals surface area contributed by atoms with Gasteiger partial charge < -0.3 is 10.1 Å². The van der Waals surface area contributed by atoms with Crippen LogP contribution in [-0.2, 0) is 14.3 Å². The van der Waals surface area contributed by atoms with E-state index < -0.39 is 16.8 Å². The molecule has 1 aromatic carbocycles. The first-order valence-corrected chi connectivity index (χ1v) is 6.75. The van der Waals surface area contributed by atoms with Gasteiger partial charge in [-0.25, -0.2) is 4.79 Å². The molecule has 7 nitrogen and oxygen atoms in total. The highest BCUT2D eigenvalue weighted by Crippen LogP contribution is 2.38. The fourth-order valence-electron chi connectivity index (χ4n) is 2.46. The summed E-state index contributed by atoms with van der Waals surface area (Å²) < 4.78 is 4.74. The van der Waals surface area contributed by atoms with Crippen LogP contribution in [0.5, 0.6) is 0 Å². The Balaban J connectivity index is 2.60. The molecule has 0 fully saturated rings. The van der Waals surface area contributed by atoms with E-state index in [-0.39, 0.29) is 28.6 Å². The zero-order valence-electron chi connectivity index (χ0n) is 11.9. The number of nitrogens with one attached hydrogen (secondary N) is 1. The van der Waals surface area contributed by atoms with Crippen molar-refractivity contribution in [3.05, 3.63) is 50.2 Å². The molecule has 0 unspecified atom stereocenters. The van der Waals surface area contributed by atoms with Crippen LogP contribution in [0.3, 0.4) is 0 Å². The first-order chi connectivity index (χ1) is 10.3. The number of esters is 1. The van der Waals surface area contributed by atoms with Crippen molar-refractivity contribution in [1.82, 2.24) is 5.32 Å². The van der Waals surface area contributed by atoms with E-state index in [0.717, 1.165) is 0 Å². The second-order valence-electron chi connectivity index (χ2n) is 4.80. The van der Waals surface area contributed by atoms with Gasteiger partial charge in [0.1, 0.15) is 0 Å². The summed E-state index contributed by atoms with van der Waals surface area (Å²) >= 11 is 6.11. The summed E-state index contributed by atoms with van der Waals surface area (Å²) in [4.78, 5) is 34.1. The van der Waals surface area contributed by atoms with E-state index in [0.29, 0.717) is 11.3 Å². The monoisotopic (exact) mass is 324 g/mol. The lowest BCUT2D eigenvalue weighted by molar-refractivity contribution is -0.384. The average Bonchev–Trinajstić information content (AvgIpc) is 2.46. The smallest absolute Gasteiger partial charge is 0.336 e. The van der Waals surface area contributed by atoms with E-state index in [4.69, 9.17) is 16.3 Å². The van der Waals surface area contributed by atoms with Gasteiger partial charge in [-0.3, -0.25) is 14.9 Å². The highest BCUT2D eigenvalue weighted by Gasteiger charge is 2.34. The van der Waals surface area contributed by atoms with Crippen molar-refractivity contribution < 1.29 is 19.2 Å². The van der Waals surface area contributed by atoms with E-state index in [9.17, 15) is 19.7 Å². The van der Waals surface area contributed by atoms with Crippen molar-refractivity contribution in [3.8, 4) is 0 Å². The van der Waals surface area contributed by atoms with E-state index in [1.54, 1.807) is 6.92 Å². The van der Waals surface area contributed by atoms with Crippen LogP contribution in [0, 0.1) is 10.1 Å². The predicted molar refractivity (Wildman–Crippen MR) is 78.3 cm³/mol. The summed E-state index contributed by atoms with van der Waals surface area (Å²) in [7, 11) is 1.23. The summed E-state index contributed by atoms with van der Waals surface area (Å²) in [6, 6.07) is 3.93. The third-order valence-electron chi connectivity index (χ3n) is 3.44. The summed E-state index contributed by atoms with van der Waals surface area (Å²) in [6.07, 6.45) is -0.0390. The predicted octanol–water partition coefficient (Wildman–Crippen LogP) is 2.30. The van der Waals surface area contributed by atoms with Crippen molar-refractivity contribution in [3.63, 3.8) is 0 Å². The molecule has 1 aliphatic heterocycles. The number of nitro groups is 1. The molecule has 1 amide bonds. The lowest BCUT2D eigenvalue weighted by Crippen LogP contribution is -2.34. The van der Waals surface area contributed by atoms with Crippen LogP contribution < -0.4 is 5.32 Å². The highest BCUT2D eigenvalue weighted by atomic mass is 35.5. The van der Waals surface area contributed by atoms with E-state index in [1.165, 1.54) is 25.3 Å². The Kier molecular flexibility index (Phi) is 4.46. The van der Waals surface area contributed by atoms with E-state index >= 15 is 0 Å². The third-order valence-corrected chi connectivity index (χ3v) is 3.78. The minimum absolute atomic E-state index is 0.0390. The number of halogens is 1. The maximum Gasteiger partial charge on any atom is 0.336 e. The molecule has 1 N–H and O–H groups in total. The Morgan fingerprint density at radius 3 is 2.77 bits per heavy atom. The standard InChI is InChI=1S/C14H13ClN2O5/c1-7-13(14(19)22-2)10(6-12(18)16-7)9-5-8(17(20)21)3-4-11(9)15/h3-5,10H,6H2,1-2H3,(H,16,18)/t10-/m1/s1. The second kappa shape index (κ2) is 6.15. The van der Waals surface area contributed by atoms with Gasteiger partial charge in [0.05, 0.1) is 17.6 Å². The van der Waals surface area contributed by atoms with Crippen LogP contribution in [0.1, 0.15) is 24.8 Å². The lowest BCUT2D eigenvalue weighted by atomic mass is 9.84. The molecule has 1 heterocycles. The molecule has 0 saturated carbocycles. The number of amides is 1. The number of carbonyl (C=O) groups excluding carboxylic acids is 2. The number of ether oxygens (including phenoxy) is 1. The third kappa shape index (κ3) is 2.94. The number of hydrogen-bond donors (Lipinski definition) is 1. The fourth-order valence-corrected chi connectivity index (χ4v) is 2.71. The van der Waals surface area contributed by atoms with Crippen molar-refractivity contribution >= 4 is 29.2 Å². The SMILES string of the molecule is COC(=O)C1=C(C)NC(=O)C[C@@H]1c1cc([N+](=O)[O-])ccc1Cl. The zero-order valence-corrected chi connectivity index (χ0v) is 12.6. The maximum atomic E-state index is 12.0. The van der Waals surface area contributed by atoms with Crippen LogP contribution in [0.4, 0.5) is 5.69 Å². The molecule has 22 heavy (non-hydrogen) atoms. The Morgan fingerprint density at radius 2 is 2.18 bits per heavy atom. The summed E-state index contributed by atoms with van der Waals surface area (Å²) in [5.74, 6) is -1.59. The summed E-state index contributed by atoms with van der Waals surface area (Å²) in [5.41, 5.74) is 0.790. The topological polar surface area (TPSA) is 98.5 Å². The fraction of sp³-hybridized carbons (Fsp3) is 0.286. The van der Waals surface area contributed by atoms with Gasteiger partial charge in [0.2, 0.25) is 5.91 Å². The average molecular weight is 325 g/mol. The number of allylic oxidation sites excluding steroid dienone is 1. The quantitative estimate of drug-likeness (QED) is 0.522. The molecular formula is C14H13ClN2O5. The molecule has 1 aliphatic rings. The van der Waals surface area contributed by atoms with Crippen molar-refractivity contribution in [2.24, 2.45) is 0 Å². The molecule has 0 aromatic heterocycles. The van der Waals surface area contributed by atoms with Crippen LogP contribution in [0.25, 0.3) is 0 Å². The lowest BCUT2D eigenvalue weighted by Gasteiger charge is -2.26. The molecule has 1 aromatic rings. The van der Waals surface area contributed by atoms with Gasteiger partial charge in [0.25, 0.3) is 5.69 Å². The molecule has 0 spiro atoms. The Bertz CT molecular complexity index is 698. The van der Waals surface area contributed by atoms with Gasteiger partial charge in [-0.05, 0) is 18.6 Å². The summed E-state index contributed by atoms with van der Waals surface area (Å²) in [6.45, 7) is 1.57. The molecule has 0 bridgehead atoms. The second-order valence-corrected chi connectivity index (χ2v) is 5.21. The van der Waals surface area contributed by atoms with Crippen molar-refractivity contribution in [2.45, 2.75) is 19.3 Å². The number of nitrogens with zero attached hydrogens (tertiary/aromatic N) is 1. The Morgan fingerprint density at radius 1 is 1.50 bits per heavy atom. The largest absolute Gasteiger partial charge is 0.466 e. The number of non-ortho nitro benzene ring substituents is 1. The van der Waals surface area contributed by atoms with Crippen LogP contribution in [-0.4, -0.2) is 23.9 Å². The molecule has 2 rings (SSSR count). The van der Waals surface area contributed by atoms with Crippen molar-refractivity contribution in [2.75, 3.05) is 7.11 Å². The molecule has 8 heteroatoms. The first-order valence-electron chi connectivity index (χ1n) is 6.38. The normalized spacial score (nSPS) is 18.0. The van der Waals surface area contributed by atoms with Crippen molar-refractivity contribution in [1.29, 1.82) is 0 Å². The van der Waals surface area contributed by atoms with Gasteiger partial charge in [-0.1, -0.05) is 11.6 Å². The zero-order chi connectivity index (χ0) is 16.4. The molecule has 0 radical (unpaired) electrons. The molecule has 116 valence electrons. The van der Waals surface area contributed by atoms with Gasteiger partial charge in [-0.15, -0.1) is 0 Å². The number of benzene rings is 1. The number of carbonyl (C=O) groups is 2. The molecule has 0 aliphatic carbocycles. The van der Waals surface area contributed by atoms with Gasteiger partial charge >= 0.3 is 5.97 Å². The van der Waals surface area contributed by atoms with Gasteiger partial charge in [-0.2, -0.15) is 0 Å².